The number of rotatable bonds is 1. The Labute approximate surface area is 63.4 Å². The summed E-state index contributed by atoms with van der Waals surface area (Å²) in [5.41, 5.74) is 0. The number of likely N-dealkylation sites (tertiary alicyclic amines) is 1. The standard InChI is InChI=1S/C9H17N/c1-3-10-6-8-5-9(10)4-7(8)2/h7-9H,3-6H2,1-2H3/t7?,8-,9+/m0/s1. The highest BCUT2D eigenvalue weighted by molar-refractivity contribution is 4.94. The van der Waals surface area contributed by atoms with Gasteiger partial charge in [0, 0.05) is 12.6 Å². The number of nitrogens with zero attached hydrogens (tertiary/aromatic N) is 1. The average molecular weight is 139 g/mol. The summed E-state index contributed by atoms with van der Waals surface area (Å²) in [4.78, 5) is 2.64. The van der Waals surface area contributed by atoms with Crippen LogP contribution in [-0.4, -0.2) is 24.0 Å². The molecule has 0 radical (unpaired) electrons. The van der Waals surface area contributed by atoms with Crippen LogP contribution in [0.15, 0.2) is 0 Å². The van der Waals surface area contributed by atoms with Crippen molar-refractivity contribution in [3.8, 4) is 0 Å². The quantitative estimate of drug-likeness (QED) is 0.535. The van der Waals surface area contributed by atoms with Crippen LogP contribution in [0.1, 0.15) is 26.7 Å². The zero-order valence-corrected chi connectivity index (χ0v) is 7.01. The van der Waals surface area contributed by atoms with Gasteiger partial charge in [0.2, 0.25) is 0 Å². The first-order valence-corrected chi connectivity index (χ1v) is 4.55. The third-order valence-electron chi connectivity index (χ3n) is 3.42. The van der Waals surface area contributed by atoms with Gasteiger partial charge in [-0.2, -0.15) is 0 Å². The van der Waals surface area contributed by atoms with Crippen LogP contribution >= 0.6 is 0 Å². The van der Waals surface area contributed by atoms with E-state index < -0.39 is 0 Å². The molecule has 1 aliphatic heterocycles. The summed E-state index contributed by atoms with van der Waals surface area (Å²) in [5.74, 6) is 2.07. The van der Waals surface area contributed by atoms with Crippen LogP contribution in [0.5, 0.6) is 0 Å². The Kier molecular flexibility index (Phi) is 1.48. The molecule has 1 unspecified atom stereocenters. The Morgan fingerprint density at radius 3 is 2.60 bits per heavy atom. The Morgan fingerprint density at radius 2 is 2.20 bits per heavy atom. The third kappa shape index (κ3) is 0.800. The summed E-state index contributed by atoms with van der Waals surface area (Å²) in [6.07, 6.45) is 2.97. The lowest BCUT2D eigenvalue weighted by atomic mass is 9.97. The molecule has 10 heavy (non-hydrogen) atoms. The van der Waals surface area contributed by atoms with E-state index in [0.29, 0.717) is 0 Å². The maximum absolute atomic E-state index is 2.64. The Hall–Kier alpha value is -0.0400. The van der Waals surface area contributed by atoms with Crippen molar-refractivity contribution in [2.24, 2.45) is 11.8 Å². The van der Waals surface area contributed by atoms with Gasteiger partial charge in [0.25, 0.3) is 0 Å². The third-order valence-corrected chi connectivity index (χ3v) is 3.42. The molecular formula is C9H17N. The van der Waals surface area contributed by atoms with E-state index in [2.05, 4.69) is 18.7 Å². The second-order valence-electron chi connectivity index (χ2n) is 3.95. The minimum atomic E-state index is 0.963. The van der Waals surface area contributed by atoms with Crippen molar-refractivity contribution >= 4 is 0 Å². The summed E-state index contributed by atoms with van der Waals surface area (Å²) in [5, 5.41) is 0. The van der Waals surface area contributed by atoms with Gasteiger partial charge in [0.05, 0.1) is 0 Å². The number of hydrogen-bond donors (Lipinski definition) is 0. The molecule has 0 aromatic heterocycles. The molecule has 1 heteroatoms. The van der Waals surface area contributed by atoms with E-state index in [1.165, 1.54) is 25.9 Å². The van der Waals surface area contributed by atoms with Crippen LogP contribution in [-0.2, 0) is 0 Å². The molecular weight excluding hydrogens is 122 g/mol. The fourth-order valence-electron chi connectivity index (χ4n) is 2.69. The molecule has 0 amide bonds. The minimum Gasteiger partial charge on any atom is -0.300 e. The van der Waals surface area contributed by atoms with Gasteiger partial charge < -0.3 is 4.90 Å². The first-order chi connectivity index (χ1) is 4.81. The van der Waals surface area contributed by atoms with Crippen LogP contribution in [0.4, 0.5) is 0 Å². The normalized spacial score (nSPS) is 46.8. The van der Waals surface area contributed by atoms with E-state index >= 15 is 0 Å². The zero-order valence-electron chi connectivity index (χ0n) is 7.01. The predicted octanol–water partition coefficient (Wildman–Crippen LogP) is 1.74. The van der Waals surface area contributed by atoms with Crippen LogP contribution < -0.4 is 0 Å². The van der Waals surface area contributed by atoms with Gasteiger partial charge in [-0.3, -0.25) is 0 Å². The van der Waals surface area contributed by atoms with Gasteiger partial charge in [-0.25, -0.2) is 0 Å². The molecule has 1 nitrogen and oxygen atoms in total. The Balaban J connectivity index is 2.02. The van der Waals surface area contributed by atoms with Crippen molar-refractivity contribution in [2.75, 3.05) is 13.1 Å². The fraction of sp³-hybridized carbons (Fsp3) is 1.00. The van der Waals surface area contributed by atoms with Crippen LogP contribution in [0.3, 0.4) is 0 Å². The average Bonchev–Trinajstić information content (AvgIpc) is 2.44. The summed E-state index contributed by atoms with van der Waals surface area (Å²) < 4.78 is 0. The summed E-state index contributed by atoms with van der Waals surface area (Å²) in [6.45, 7) is 7.36. The maximum atomic E-state index is 2.64. The molecule has 1 aliphatic carbocycles. The molecule has 0 N–H and O–H groups in total. The predicted molar refractivity (Wildman–Crippen MR) is 42.9 cm³/mol. The minimum absolute atomic E-state index is 0.963. The van der Waals surface area contributed by atoms with Gasteiger partial charge in [-0.15, -0.1) is 0 Å². The second-order valence-corrected chi connectivity index (χ2v) is 3.95. The lowest BCUT2D eigenvalue weighted by Gasteiger charge is -2.28. The van der Waals surface area contributed by atoms with Crippen molar-refractivity contribution in [1.82, 2.24) is 4.90 Å². The van der Waals surface area contributed by atoms with E-state index in [1.54, 1.807) is 0 Å². The molecule has 2 rings (SSSR count). The van der Waals surface area contributed by atoms with Gasteiger partial charge >= 0.3 is 0 Å². The molecule has 0 aromatic rings. The lowest BCUT2D eigenvalue weighted by Crippen LogP contribution is -2.34. The summed E-state index contributed by atoms with van der Waals surface area (Å²) in [6, 6.07) is 0.963. The van der Waals surface area contributed by atoms with Crippen molar-refractivity contribution < 1.29 is 0 Å². The van der Waals surface area contributed by atoms with Crippen LogP contribution in [0.2, 0.25) is 0 Å². The van der Waals surface area contributed by atoms with Crippen molar-refractivity contribution in [3.05, 3.63) is 0 Å². The van der Waals surface area contributed by atoms with E-state index in [4.69, 9.17) is 0 Å². The molecule has 58 valence electrons. The fourth-order valence-corrected chi connectivity index (χ4v) is 2.69. The second kappa shape index (κ2) is 2.23. The van der Waals surface area contributed by atoms with Gasteiger partial charge in [0.15, 0.2) is 0 Å². The molecule has 0 spiro atoms. The first-order valence-electron chi connectivity index (χ1n) is 4.55. The smallest absolute Gasteiger partial charge is 0.0101 e. The topological polar surface area (TPSA) is 3.24 Å². The number of fused-ring (bicyclic) bond motifs is 2. The maximum Gasteiger partial charge on any atom is 0.0101 e. The molecule has 2 bridgehead atoms. The molecule has 1 heterocycles. The number of piperidine rings is 1. The van der Waals surface area contributed by atoms with Crippen LogP contribution in [0, 0.1) is 11.8 Å². The SMILES string of the molecule is CCN1C[C@@H]2C[C@H]1CC2C. The largest absolute Gasteiger partial charge is 0.300 e. The van der Waals surface area contributed by atoms with Crippen LogP contribution in [0.25, 0.3) is 0 Å². The summed E-state index contributed by atoms with van der Waals surface area (Å²) >= 11 is 0. The van der Waals surface area contributed by atoms with Crippen molar-refractivity contribution in [2.45, 2.75) is 32.7 Å². The highest BCUT2D eigenvalue weighted by Crippen LogP contribution is 2.41. The molecule has 0 aromatic carbocycles. The molecule has 2 aliphatic rings. The molecule has 2 fully saturated rings. The van der Waals surface area contributed by atoms with Gasteiger partial charge in [-0.1, -0.05) is 13.8 Å². The number of hydrogen-bond acceptors (Lipinski definition) is 1. The first kappa shape index (κ1) is 6.66. The zero-order chi connectivity index (χ0) is 7.14. The van der Waals surface area contributed by atoms with Crippen molar-refractivity contribution in [1.29, 1.82) is 0 Å². The van der Waals surface area contributed by atoms with E-state index in [9.17, 15) is 0 Å². The Bertz CT molecular complexity index is 131. The Morgan fingerprint density at radius 1 is 1.40 bits per heavy atom. The van der Waals surface area contributed by atoms with E-state index in [-0.39, 0.29) is 0 Å². The lowest BCUT2D eigenvalue weighted by molar-refractivity contribution is 0.190. The van der Waals surface area contributed by atoms with E-state index in [0.717, 1.165) is 17.9 Å². The van der Waals surface area contributed by atoms with Gasteiger partial charge in [-0.05, 0) is 31.2 Å². The molecule has 3 atom stereocenters. The monoisotopic (exact) mass is 139 g/mol. The van der Waals surface area contributed by atoms with Crippen molar-refractivity contribution in [3.63, 3.8) is 0 Å². The highest BCUT2D eigenvalue weighted by Gasteiger charge is 2.41. The molecule has 1 saturated carbocycles. The van der Waals surface area contributed by atoms with E-state index in [1.807, 2.05) is 0 Å². The highest BCUT2D eigenvalue weighted by atomic mass is 15.2. The molecule has 1 saturated heterocycles. The summed E-state index contributed by atoms with van der Waals surface area (Å²) in [7, 11) is 0. The van der Waals surface area contributed by atoms with Gasteiger partial charge in [0.1, 0.15) is 0 Å².